The van der Waals surface area contributed by atoms with E-state index in [2.05, 4.69) is 13.8 Å². The Kier molecular flexibility index (Phi) is 2.99. The second-order valence-electron chi connectivity index (χ2n) is 5.78. The monoisotopic (exact) mass is 225 g/mol. The van der Waals surface area contributed by atoms with Gasteiger partial charge in [-0.05, 0) is 30.6 Å². The number of carbonyl (C=O) groups is 1. The van der Waals surface area contributed by atoms with E-state index in [9.17, 15) is 4.79 Å². The number of amides is 1. The predicted octanol–water partition coefficient (Wildman–Crippen LogP) is 1.92. The summed E-state index contributed by atoms with van der Waals surface area (Å²) in [7, 11) is 1.84. The minimum atomic E-state index is 0.0677. The summed E-state index contributed by atoms with van der Waals surface area (Å²) in [4.78, 5) is 13.3. The topological polar surface area (TPSA) is 29.5 Å². The van der Waals surface area contributed by atoms with E-state index in [-0.39, 0.29) is 11.5 Å². The Morgan fingerprint density at radius 2 is 1.81 bits per heavy atom. The van der Waals surface area contributed by atoms with Crippen molar-refractivity contribution in [1.29, 1.82) is 0 Å². The van der Waals surface area contributed by atoms with Crippen molar-refractivity contribution in [1.82, 2.24) is 4.90 Å². The smallest absolute Gasteiger partial charge is 0.219 e. The lowest BCUT2D eigenvalue weighted by atomic mass is 9.87. The minimum Gasteiger partial charge on any atom is -0.378 e. The van der Waals surface area contributed by atoms with Gasteiger partial charge in [0.2, 0.25) is 5.91 Å². The van der Waals surface area contributed by atoms with Gasteiger partial charge < -0.3 is 9.64 Å². The maximum absolute atomic E-state index is 11.3. The number of carbonyl (C=O) groups excluding carboxylic acids is 1. The number of ether oxygens (including phenoxy) is 1. The number of methoxy groups -OCH3 is 1. The normalized spacial score (nSPS) is 38.2. The van der Waals surface area contributed by atoms with Gasteiger partial charge in [0.25, 0.3) is 0 Å². The molecule has 1 aliphatic heterocycles. The van der Waals surface area contributed by atoms with Crippen molar-refractivity contribution in [2.75, 3.05) is 20.2 Å². The molecule has 0 bridgehead atoms. The van der Waals surface area contributed by atoms with Gasteiger partial charge in [0, 0.05) is 27.1 Å². The summed E-state index contributed by atoms with van der Waals surface area (Å²) in [6.07, 6.45) is 2.24. The van der Waals surface area contributed by atoms with Crippen LogP contribution in [0, 0.1) is 17.8 Å². The predicted molar refractivity (Wildman–Crippen MR) is 63.0 cm³/mol. The van der Waals surface area contributed by atoms with Gasteiger partial charge in [-0.1, -0.05) is 13.8 Å². The molecule has 1 saturated heterocycles. The largest absolute Gasteiger partial charge is 0.378 e. The Bertz CT molecular complexity index is 274. The quantitative estimate of drug-likeness (QED) is 0.718. The number of hydrogen-bond donors (Lipinski definition) is 0. The number of nitrogens with zero attached hydrogens (tertiary/aromatic N) is 1. The lowest BCUT2D eigenvalue weighted by Gasteiger charge is -2.33. The van der Waals surface area contributed by atoms with Crippen LogP contribution < -0.4 is 0 Å². The fraction of sp³-hybridized carbons (Fsp3) is 0.923. The van der Waals surface area contributed by atoms with Crippen LogP contribution in [0.4, 0.5) is 0 Å². The van der Waals surface area contributed by atoms with Crippen molar-refractivity contribution >= 4 is 5.91 Å². The minimum absolute atomic E-state index is 0.0677. The van der Waals surface area contributed by atoms with E-state index in [0.29, 0.717) is 17.8 Å². The molecule has 0 radical (unpaired) electrons. The van der Waals surface area contributed by atoms with E-state index in [1.807, 2.05) is 12.0 Å². The zero-order valence-electron chi connectivity index (χ0n) is 10.8. The molecular weight excluding hydrogens is 202 g/mol. The molecule has 1 saturated carbocycles. The zero-order valence-corrected chi connectivity index (χ0v) is 10.8. The zero-order chi connectivity index (χ0) is 11.9. The maximum Gasteiger partial charge on any atom is 0.219 e. The van der Waals surface area contributed by atoms with Gasteiger partial charge in [0.1, 0.15) is 0 Å². The molecule has 3 nitrogen and oxygen atoms in total. The van der Waals surface area contributed by atoms with Crippen LogP contribution in [0.5, 0.6) is 0 Å². The first-order valence-corrected chi connectivity index (χ1v) is 6.29. The van der Waals surface area contributed by atoms with Gasteiger partial charge in [-0.2, -0.15) is 0 Å². The van der Waals surface area contributed by atoms with Crippen LogP contribution in [0.3, 0.4) is 0 Å². The number of likely N-dealkylation sites (tertiary alicyclic amines) is 1. The Balaban J connectivity index is 2.05. The highest BCUT2D eigenvalue weighted by Crippen LogP contribution is 2.48. The molecule has 2 atom stereocenters. The number of hydrogen-bond acceptors (Lipinski definition) is 2. The maximum atomic E-state index is 11.3. The van der Waals surface area contributed by atoms with E-state index in [1.54, 1.807) is 6.92 Å². The first-order chi connectivity index (χ1) is 7.48. The standard InChI is InChI=1S/C13H23NO2/c1-9(2)13(16-4)5-11-7-14(10(3)15)8-12(11)6-13/h9,11-12H,5-8H2,1-4H3. The molecule has 2 aliphatic rings. The summed E-state index contributed by atoms with van der Waals surface area (Å²) in [5.74, 6) is 2.10. The molecule has 16 heavy (non-hydrogen) atoms. The molecule has 2 unspecified atom stereocenters. The van der Waals surface area contributed by atoms with Crippen molar-refractivity contribution in [2.45, 2.75) is 39.2 Å². The molecule has 3 heteroatoms. The van der Waals surface area contributed by atoms with Gasteiger partial charge in [0.05, 0.1) is 5.60 Å². The fourth-order valence-corrected chi connectivity index (χ4v) is 3.50. The fourth-order valence-electron chi connectivity index (χ4n) is 3.50. The van der Waals surface area contributed by atoms with Crippen LogP contribution in [-0.2, 0) is 9.53 Å². The molecule has 1 aliphatic carbocycles. The summed E-state index contributed by atoms with van der Waals surface area (Å²) in [6.45, 7) is 8.04. The second-order valence-corrected chi connectivity index (χ2v) is 5.78. The summed E-state index contributed by atoms with van der Waals surface area (Å²) < 4.78 is 5.79. The van der Waals surface area contributed by atoms with Crippen molar-refractivity contribution in [2.24, 2.45) is 17.8 Å². The van der Waals surface area contributed by atoms with Gasteiger partial charge in [-0.15, -0.1) is 0 Å². The highest BCUT2D eigenvalue weighted by molar-refractivity contribution is 5.73. The molecule has 2 rings (SSSR count). The molecule has 0 aromatic carbocycles. The molecule has 1 amide bonds. The van der Waals surface area contributed by atoms with E-state index in [4.69, 9.17) is 4.74 Å². The van der Waals surface area contributed by atoms with E-state index in [0.717, 1.165) is 25.9 Å². The molecule has 1 heterocycles. The Morgan fingerprint density at radius 3 is 2.12 bits per heavy atom. The highest BCUT2D eigenvalue weighted by Gasteiger charge is 2.51. The van der Waals surface area contributed by atoms with E-state index >= 15 is 0 Å². The van der Waals surface area contributed by atoms with Gasteiger partial charge in [-0.3, -0.25) is 4.79 Å². The molecule has 0 aromatic rings. The lowest BCUT2D eigenvalue weighted by Crippen LogP contribution is -2.37. The molecule has 92 valence electrons. The molecular formula is C13H23NO2. The number of rotatable bonds is 2. The highest BCUT2D eigenvalue weighted by atomic mass is 16.5. The molecule has 0 spiro atoms. The summed E-state index contributed by atoms with van der Waals surface area (Å²) in [5, 5.41) is 0. The van der Waals surface area contributed by atoms with Crippen molar-refractivity contribution in [3.8, 4) is 0 Å². The van der Waals surface area contributed by atoms with E-state index in [1.165, 1.54) is 0 Å². The van der Waals surface area contributed by atoms with Crippen LogP contribution >= 0.6 is 0 Å². The van der Waals surface area contributed by atoms with E-state index < -0.39 is 0 Å². The average molecular weight is 225 g/mol. The van der Waals surface area contributed by atoms with Crippen molar-refractivity contribution < 1.29 is 9.53 Å². The molecule has 0 aromatic heterocycles. The van der Waals surface area contributed by atoms with Crippen LogP contribution in [-0.4, -0.2) is 36.6 Å². The second kappa shape index (κ2) is 4.02. The summed E-state index contributed by atoms with van der Waals surface area (Å²) >= 11 is 0. The lowest BCUT2D eigenvalue weighted by molar-refractivity contribution is -0.128. The third-order valence-electron chi connectivity index (χ3n) is 4.70. The van der Waals surface area contributed by atoms with Crippen LogP contribution in [0.2, 0.25) is 0 Å². The Labute approximate surface area is 98.1 Å². The molecule has 0 N–H and O–H groups in total. The SMILES string of the molecule is COC1(C(C)C)CC2CN(C(C)=O)CC2C1. The summed E-state index contributed by atoms with van der Waals surface area (Å²) in [5.41, 5.74) is 0.0677. The van der Waals surface area contributed by atoms with Crippen LogP contribution in [0.1, 0.15) is 33.6 Å². The first-order valence-electron chi connectivity index (χ1n) is 6.29. The molecule has 2 fully saturated rings. The van der Waals surface area contributed by atoms with Gasteiger partial charge in [0.15, 0.2) is 0 Å². The Morgan fingerprint density at radius 1 is 1.31 bits per heavy atom. The third-order valence-corrected chi connectivity index (χ3v) is 4.70. The first kappa shape index (κ1) is 11.9. The van der Waals surface area contributed by atoms with Gasteiger partial charge in [-0.25, -0.2) is 0 Å². The summed E-state index contributed by atoms with van der Waals surface area (Å²) in [6, 6.07) is 0. The Hall–Kier alpha value is -0.570. The van der Waals surface area contributed by atoms with Crippen LogP contribution in [0.25, 0.3) is 0 Å². The van der Waals surface area contributed by atoms with Crippen LogP contribution in [0.15, 0.2) is 0 Å². The van der Waals surface area contributed by atoms with Crippen molar-refractivity contribution in [3.63, 3.8) is 0 Å². The van der Waals surface area contributed by atoms with Crippen molar-refractivity contribution in [3.05, 3.63) is 0 Å². The third kappa shape index (κ3) is 1.75. The average Bonchev–Trinajstić information content (AvgIpc) is 2.71. The van der Waals surface area contributed by atoms with Gasteiger partial charge >= 0.3 is 0 Å². The number of fused-ring (bicyclic) bond motifs is 1.